The van der Waals surface area contributed by atoms with Gasteiger partial charge in [-0.2, -0.15) is 0 Å². The van der Waals surface area contributed by atoms with Crippen LogP contribution >= 0.6 is 11.6 Å². The van der Waals surface area contributed by atoms with Crippen LogP contribution in [0.4, 0.5) is 5.69 Å². The average molecular weight is 439 g/mol. The largest absolute Gasteiger partial charge is 0.471 e. The lowest BCUT2D eigenvalue weighted by molar-refractivity contribution is 0.215. The summed E-state index contributed by atoms with van der Waals surface area (Å²) in [5.41, 5.74) is 4.56. The molecule has 0 saturated carbocycles. The summed E-state index contributed by atoms with van der Waals surface area (Å²) in [5.74, 6) is 0.450. The fraction of sp³-hybridized carbons (Fsp3) is 0.320. The van der Waals surface area contributed by atoms with Crippen molar-refractivity contribution in [2.24, 2.45) is 0 Å². The van der Waals surface area contributed by atoms with E-state index in [9.17, 15) is 10.2 Å². The molecule has 2 heterocycles. The molecule has 1 aromatic heterocycles. The van der Waals surface area contributed by atoms with Gasteiger partial charge in [0.15, 0.2) is 0 Å². The second kappa shape index (κ2) is 9.69. The summed E-state index contributed by atoms with van der Waals surface area (Å²) in [6.07, 6.45) is 2.61. The molecule has 1 fully saturated rings. The van der Waals surface area contributed by atoms with E-state index >= 15 is 0 Å². The van der Waals surface area contributed by atoms with E-state index in [0.717, 1.165) is 47.3 Å². The highest BCUT2D eigenvalue weighted by Gasteiger charge is 2.27. The number of aromatic nitrogens is 1. The molecular weight excluding hydrogens is 412 g/mol. The smallest absolute Gasteiger partial charge is 0.232 e. The maximum absolute atomic E-state index is 11.0. The van der Waals surface area contributed by atoms with Gasteiger partial charge < -0.3 is 19.8 Å². The van der Waals surface area contributed by atoms with Crippen LogP contribution < -0.4 is 9.64 Å². The molecule has 0 aliphatic carbocycles. The molecule has 0 spiro atoms. The number of pyridine rings is 1. The Labute approximate surface area is 187 Å². The summed E-state index contributed by atoms with van der Waals surface area (Å²) in [6, 6.07) is 17.3. The minimum absolute atomic E-state index is 0.0272. The number of hydrogen-bond donors (Lipinski definition) is 2. The van der Waals surface area contributed by atoms with Crippen molar-refractivity contribution in [3.05, 3.63) is 88.1 Å². The lowest BCUT2D eigenvalue weighted by Gasteiger charge is -2.23. The van der Waals surface area contributed by atoms with Crippen LogP contribution in [0.1, 0.15) is 41.7 Å². The van der Waals surface area contributed by atoms with E-state index in [1.54, 1.807) is 18.3 Å². The monoisotopic (exact) mass is 438 g/mol. The van der Waals surface area contributed by atoms with Crippen molar-refractivity contribution in [3.8, 4) is 5.88 Å². The molecule has 1 aliphatic heterocycles. The minimum Gasteiger partial charge on any atom is -0.471 e. The van der Waals surface area contributed by atoms with Gasteiger partial charge in [-0.1, -0.05) is 48.9 Å². The van der Waals surface area contributed by atoms with E-state index in [-0.39, 0.29) is 12.7 Å². The van der Waals surface area contributed by atoms with Crippen LogP contribution in [0.15, 0.2) is 60.8 Å². The molecule has 1 aliphatic rings. The molecule has 4 rings (SSSR count). The third-order valence-electron chi connectivity index (χ3n) is 5.81. The number of aliphatic hydroxyl groups is 2. The molecule has 162 valence electrons. The summed E-state index contributed by atoms with van der Waals surface area (Å²) >= 11 is 6.17. The number of aryl methyl sites for hydroxylation is 1. The molecular formula is C25H27ClN2O3. The van der Waals surface area contributed by atoms with Gasteiger partial charge >= 0.3 is 0 Å². The van der Waals surface area contributed by atoms with Crippen molar-refractivity contribution in [3.63, 3.8) is 0 Å². The van der Waals surface area contributed by atoms with Gasteiger partial charge in [-0.25, -0.2) is 4.98 Å². The normalized spacial score (nSPS) is 17.0. The highest BCUT2D eigenvalue weighted by atomic mass is 35.5. The van der Waals surface area contributed by atoms with Gasteiger partial charge in [0.1, 0.15) is 17.2 Å². The van der Waals surface area contributed by atoms with Crippen molar-refractivity contribution in [2.75, 3.05) is 18.0 Å². The molecule has 6 heteroatoms. The molecule has 31 heavy (non-hydrogen) atoms. The zero-order chi connectivity index (χ0) is 21.8. The predicted molar refractivity (Wildman–Crippen MR) is 123 cm³/mol. The Kier molecular flexibility index (Phi) is 6.76. The molecule has 2 atom stereocenters. The Bertz CT molecular complexity index is 1040. The number of anilines is 1. The third kappa shape index (κ3) is 4.69. The number of benzene rings is 2. The van der Waals surface area contributed by atoms with Crippen LogP contribution in [0.3, 0.4) is 0 Å². The lowest BCUT2D eigenvalue weighted by atomic mass is 9.94. The lowest BCUT2D eigenvalue weighted by Crippen LogP contribution is -2.25. The molecule has 2 unspecified atom stereocenters. The first-order valence-electron chi connectivity index (χ1n) is 10.6. The van der Waals surface area contributed by atoms with E-state index < -0.39 is 6.10 Å². The van der Waals surface area contributed by atoms with Crippen LogP contribution in [0.5, 0.6) is 5.88 Å². The second-order valence-electron chi connectivity index (χ2n) is 7.77. The SMILES string of the molecule is CCc1ccccc1C(O)c1ccc(N2CCC(Oc3ncccc3Cl)C2)c(CO)c1. The first kappa shape index (κ1) is 21.6. The number of halogens is 1. The fourth-order valence-electron chi connectivity index (χ4n) is 4.17. The van der Waals surface area contributed by atoms with Crippen molar-refractivity contribution >= 4 is 17.3 Å². The highest BCUT2D eigenvalue weighted by molar-refractivity contribution is 6.31. The minimum atomic E-state index is -0.726. The van der Waals surface area contributed by atoms with Crippen LogP contribution in [0, 0.1) is 0 Å². The number of hydrogen-bond acceptors (Lipinski definition) is 5. The summed E-state index contributed by atoms with van der Waals surface area (Å²) in [4.78, 5) is 6.40. The summed E-state index contributed by atoms with van der Waals surface area (Å²) in [5, 5.41) is 21.5. The van der Waals surface area contributed by atoms with Crippen molar-refractivity contribution in [1.82, 2.24) is 4.98 Å². The third-order valence-corrected chi connectivity index (χ3v) is 6.10. The Morgan fingerprint density at radius 2 is 2.00 bits per heavy atom. The maximum atomic E-state index is 11.0. The van der Waals surface area contributed by atoms with E-state index in [1.807, 2.05) is 42.5 Å². The molecule has 2 aromatic carbocycles. The molecule has 5 nitrogen and oxygen atoms in total. The molecule has 1 saturated heterocycles. The van der Waals surface area contributed by atoms with Gasteiger partial charge in [-0.15, -0.1) is 0 Å². The molecule has 0 radical (unpaired) electrons. The zero-order valence-corrected chi connectivity index (χ0v) is 18.3. The van der Waals surface area contributed by atoms with Gasteiger partial charge in [0, 0.05) is 30.4 Å². The Balaban J connectivity index is 1.52. The van der Waals surface area contributed by atoms with Gasteiger partial charge in [0.2, 0.25) is 5.88 Å². The van der Waals surface area contributed by atoms with Crippen LogP contribution in [-0.4, -0.2) is 34.4 Å². The Hall–Kier alpha value is -2.60. The van der Waals surface area contributed by atoms with E-state index in [0.29, 0.717) is 17.4 Å². The summed E-state index contributed by atoms with van der Waals surface area (Å²) < 4.78 is 5.99. The van der Waals surface area contributed by atoms with Crippen LogP contribution in [-0.2, 0) is 13.0 Å². The van der Waals surface area contributed by atoms with Gasteiger partial charge in [0.05, 0.1) is 13.2 Å². The van der Waals surface area contributed by atoms with Crippen molar-refractivity contribution in [1.29, 1.82) is 0 Å². The van der Waals surface area contributed by atoms with Crippen molar-refractivity contribution < 1.29 is 14.9 Å². The number of rotatable bonds is 7. The van der Waals surface area contributed by atoms with Gasteiger partial charge in [-0.05, 0) is 47.4 Å². The molecule has 0 bridgehead atoms. The van der Waals surface area contributed by atoms with E-state index in [4.69, 9.17) is 16.3 Å². The van der Waals surface area contributed by atoms with Crippen LogP contribution in [0.2, 0.25) is 5.02 Å². The first-order chi connectivity index (χ1) is 15.1. The highest BCUT2D eigenvalue weighted by Crippen LogP contribution is 2.32. The van der Waals surface area contributed by atoms with E-state index in [1.165, 1.54) is 0 Å². The zero-order valence-electron chi connectivity index (χ0n) is 17.5. The first-order valence-corrected chi connectivity index (χ1v) is 11.0. The number of ether oxygens (including phenoxy) is 1. The summed E-state index contributed by atoms with van der Waals surface area (Å²) in [6.45, 7) is 3.47. The van der Waals surface area contributed by atoms with Gasteiger partial charge in [0.25, 0.3) is 0 Å². The van der Waals surface area contributed by atoms with E-state index in [2.05, 4.69) is 16.8 Å². The second-order valence-corrected chi connectivity index (χ2v) is 8.17. The van der Waals surface area contributed by atoms with Gasteiger partial charge in [-0.3, -0.25) is 0 Å². The van der Waals surface area contributed by atoms with Crippen molar-refractivity contribution in [2.45, 2.75) is 38.6 Å². The molecule has 2 N–H and O–H groups in total. The topological polar surface area (TPSA) is 65.8 Å². The maximum Gasteiger partial charge on any atom is 0.232 e. The standard InChI is InChI=1S/C25H27ClN2O3/c1-2-17-6-3-4-7-21(17)24(30)18-9-10-23(19(14-18)16-29)28-13-11-20(15-28)31-25-22(26)8-5-12-27-25/h3-10,12,14,20,24,29-30H,2,11,13,15-16H2,1H3. The van der Waals surface area contributed by atoms with Crippen LogP contribution in [0.25, 0.3) is 0 Å². The Morgan fingerprint density at radius 3 is 2.77 bits per heavy atom. The predicted octanol–water partition coefficient (Wildman–Crippen LogP) is 4.53. The quantitative estimate of drug-likeness (QED) is 0.567. The summed E-state index contributed by atoms with van der Waals surface area (Å²) in [7, 11) is 0. The Morgan fingerprint density at radius 1 is 1.16 bits per heavy atom. The molecule has 0 amide bonds. The molecule has 3 aromatic rings. The number of aliphatic hydroxyl groups excluding tert-OH is 2. The average Bonchev–Trinajstić information content (AvgIpc) is 3.28. The fourth-order valence-corrected chi connectivity index (χ4v) is 4.34. The number of nitrogens with zero attached hydrogens (tertiary/aromatic N) is 2.